The summed E-state index contributed by atoms with van der Waals surface area (Å²) in [4.78, 5) is 15.3. The van der Waals surface area contributed by atoms with E-state index in [9.17, 15) is 18.0 Å². The minimum absolute atomic E-state index is 0.174. The molecule has 2 aromatic carbocycles. The first kappa shape index (κ1) is 22.2. The van der Waals surface area contributed by atoms with E-state index in [4.69, 9.17) is 11.6 Å². The summed E-state index contributed by atoms with van der Waals surface area (Å²) in [5.41, 5.74) is 0.396. The first-order chi connectivity index (χ1) is 14.6. The van der Waals surface area contributed by atoms with Crippen molar-refractivity contribution >= 4 is 17.5 Å². The largest absolute Gasteiger partial charge is 0.452 e. The van der Waals surface area contributed by atoms with Crippen LogP contribution < -0.4 is 5.32 Å². The summed E-state index contributed by atoms with van der Waals surface area (Å²) in [7, 11) is 4.28. The van der Waals surface area contributed by atoms with Gasteiger partial charge in [-0.15, -0.1) is 0 Å². The summed E-state index contributed by atoms with van der Waals surface area (Å²) in [6.07, 6.45) is -0.788. The quantitative estimate of drug-likeness (QED) is 0.566. The number of hydrogen-bond donors (Lipinski definition) is 1. The first-order valence-corrected chi connectivity index (χ1v) is 10.8. The lowest BCUT2D eigenvalue weighted by Crippen LogP contribution is -2.62. The van der Waals surface area contributed by atoms with Gasteiger partial charge in [-0.2, -0.15) is 13.2 Å². The van der Waals surface area contributed by atoms with Crippen molar-refractivity contribution in [3.05, 3.63) is 76.8 Å². The third kappa shape index (κ3) is 3.96. The average Bonchev–Trinajstić information content (AvgIpc) is 2.72. The number of hydrogen-bond acceptors (Lipinski definition) is 2. The van der Waals surface area contributed by atoms with Crippen molar-refractivity contribution in [1.82, 2.24) is 10.2 Å². The van der Waals surface area contributed by atoms with Gasteiger partial charge in [-0.05, 0) is 68.3 Å². The fourth-order valence-corrected chi connectivity index (χ4v) is 5.51. The highest BCUT2D eigenvalue weighted by Gasteiger charge is 2.48. The van der Waals surface area contributed by atoms with E-state index in [0.29, 0.717) is 5.92 Å². The van der Waals surface area contributed by atoms with Crippen molar-refractivity contribution in [3.8, 4) is 0 Å². The molecule has 31 heavy (non-hydrogen) atoms. The molecular formula is C24H25ClF3N2O-. The number of fused-ring (bicyclic) bond motifs is 3. The van der Waals surface area contributed by atoms with Crippen LogP contribution >= 0.6 is 11.6 Å². The predicted molar refractivity (Wildman–Crippen MR) is 115 cm³/mol. The Hall–Kier alpha value is -2.05. The van der Waals surface area contributed by atoms with Gasteiger partial charge in [0.05, 0.1) is 22.2 Å². The minimum Gasteiger partial charge on any atom is -0.452 e. The van der Waals surface area contributed by atoms with Gasteiger partial charge in [-0.25, -0.2) is 0 Å². The highest BCUT2D eigenvalue weighted by atomic mass is 35.5. The number of aryl methyl sites for hydroxylation is 1. The Bertz CT molecular complexity index is 983. The van der Waals surface area contributed by atoms with Gasteiger partial charge in [0, 0.05) is 5.54 Å². The molecule has 1 saturated carbocycles. The molecule has 2 saturated heterocycles. The highest BCUT2D eigenvalue weighted by molar-refractivity contribution is 6.34. The molecule has 1 aliphatic carbocycles. The van der Waals surface area contributed by atoms with E-state index in [-0.39, 0.29) is 11.1 Å². The van der Waals surface area contributed by atoms with Crippen LogP contribution in [-0.2, 0) is 6.18 Å². The van der Waals surface area contributed by atoms with E-state index in [1.54, 1.807) is 0 Å². The van der Waals surface area contributed by atoms with Crippen LogP contribution in [0.15, 0.2) is 42.5 Å². The Morgan fingerprint density at radius 1 is 1.19 bits per heavy atom. The molecule has 0 radical (unpaired) electrons. The SMILES string of the molecule is [CH2-]N1CC2CCC1(C(NC(=O)c1cccc(C(F)(F)F)c1Cl)c1ccccc1C)CC2. The lowest BCUT2D eigenvalue weighted by Gasteiger charge is -2.61. The van der Waals surface area contributed by atoms with Crippen molar-refractivity contribution in [2.24, 2.45) is 5.92 Å². The molecule has 0 spiro atoms. The van der Waals surface area contributed by atoms with E-state index in [0.717, 1.165) is 49.4 Å². The van der Waals surface area contributed by atoms with Crippen LogP contribution in [0.5, 0.6) is 0 Å². The Kier molecular flexibility index (Phi) is 5.81. The maximum Gasteiger partial charge on any atom is 0.417 e. The van der Waals surface area contributed by atoms with Crippen LogP contribution in [0, 0.1) is 19.9 Å². The lowest BCUT2D eigenvalue weighted by molar-refractivity contribution is -0.137. The Balaban J connectivity index is 1.75. The van der Waals surface area contributed by atoms with Gasteiger partial charge >= 0.3 is 6.18 Å². The molecule has 1 N–H and O–H groups in total. The molecule has 1 amide bonds. The highest BCUT2D eigenvalue weighted by Crippen LogP contribution is 2.50. The second kappa shape index (κ2) is 8.14. The molecule has 1 atom stereocenters. The van der Waals surface area contributed by atoms with E-state index >= 15 is 0 Å². The predicted octanol–water partition coefficient (Wildman–Crippen LogP) is 6.17. The third-order valence-corrected chi connectivity index (χ3v) is 7.35. The van der Waals surface area contributed by atoms with Crippen LogP contribution in [0.25, 0.3) is 0 Å². The van der Waals surface area contributed by atoms with Gasteiger partial charge in [0.25, 0.3) is 5.91 Å². The Morgan fingerprint density at radius 3 is 2.48 bits per heavy atom. The molecule has 5 rings (SSSR count). The van der Waals surface area contributed by atoms with Crippen LogP contribution in [0.1, 0.15) is 58.8 Å². The van der Waals surface area contributed by atoms with Gasteiger partial charge < -0.3 is 10.2 Å². The normalized spacial score (nSPS) is 24.8. The Morgan fingerprint density at radius 2 is 1.87 bits per heavy atom. The molecule has 3 fully saturated rings. The van der Waals surface area contributed by atoms with Crippen LogP contribution in [0.4, 0.5) is 13.2 Å². The molecule has 2 aromatic rings. The molecular weight excluding hydrogens is 425 g/mol. The summed E-state index contributed by atoms with van der Waals surface area (Å²) >= 11 is 6.04. The molecule has 3 nitrogen and oxygen atoms in total. The van der Waals surface area contributed by atoms with E-state index in [1.165, 1.54) is 12.1 Å². The molecule has 2 bridgehead atoms. The number of nitrogens with zero attached hydrogens (tertiary/aromatic N) is 1. The van der Waals surface area contributed by atoms with E-state index in [1.807, 2.05) is 31.2 Å². The zero-order valence-electron chi connectivity index (χ0n) is 17.3. The zero-order chi connectivity index (χ0) is 22.4. The number of benzene rings is 2. The van der Waals surface area contributed by atoms with Crippen LogP contribution in [-0.4, -0.2) is 22.9 Å². The summed E-state index contributed by atoms with van der Waals surface area (Å²) in [6, 6.07) is 10.8. The van der Waals surface area contributed by atoms with E-state index in [2.05, 4.69) is 17.3 Å². The molecule has 7 heteroatoms. The molecule has 3 aliphatic rings. The number of piperidine rings is 2. The second-order valence-corrected chi connectivity index (χ2v) is 9.08. The average molecular weight is 450 g/mol. The van der Waals surface area contributed by atoms with Gasteiger partial charge in [-0.1, -0.05) is 41.9 Å². The number of amides is 1. The van der Waals surface area contributed by atoms with Gasteiger partial charge in [-0.3, -0.25) is 11.8 Å². The molecule has 1 unspecified atom stereocenters. The smallest absolute Gasteiger partial charge is 0.417 e. The van der Waals surface area contributed by atoms with Crippen LogP contribution in [0.3, 0.4) is 0 Å². The topological polar surface area (TPSA) is 32.3 Å². The lowest BCUT2D eigenvalue weighted by atomic mass is 9.65. The number of nitrogens with one attached hydrogen (secondary N) is 1. The summed E-state index contributed by atoms with van der Waals surface area (Å²) in [5.74, 6) is -0.00895. The van der Waals surface area contributed by atoms with Gasteiger partial charge in [0.2, 0.25) is 0 Å². The molecule has 0 aromatic heterocycles. The van der Waals surface area contributed by atoms with Crippen molar-refractivity contribution in [2.75, 3.05) is 6.54 Å². The standard InChI is InChI=1S/C24H25ClF3N2O/c1-15-6-3-4-7-17(15)21(23-12-10-16(11-13-23)14-30(23)2)29-22(31)18-8-5-9-19(20(18)25)24(26,27)28/h3-9,16,21H,2,10-14H2,1H3,(H,29,31)/q-1. The summed E-state index contributed by atoms with van der Waals surface area (Å²) < 4.78 is 39.9. The van der Waals surface area contributed by atoms with Crippen molar-refractivity contribution in [3.63, 3.8) is 0 Å². The minimum atomic E-state index is -4.63. The van der Waals surface area contributed by atoms with Gasteiger partial charge in [0.15, 0.2) is 0 Å². The number of alkyl halides is 3. The Labute approximate surface area is 185 Å². The number of rotatable bonds is 4. The third-order valence-electron chi connectivity index (χ3n) is 6.94. The number of halogens is 4. The first-order valence-electron chi connectivity index (χ1n) is 10.4. The molecule has 166 valence electrons. The monoisotopic (exact) mass is 449 g/mol. The summed E-state index contributed by atoms with van der Waals surface area (Å²) in [6.45, 7) is 2.83. The number of carbonyl (C=O) groups excluding carboxylic acids is 1. The van der Waals surface area contributed by atoms with Crippen LogP contribution in [0.2, 0.25) is 5.02 Å². The number of carbonyl (C=O) groups is 1. The van der Waals surface area contributed by atoms with Gasteiger partial charge in [0.1, 0.15) is 0 Å². The fourth-order valence-electron chi connectivity index (χ4n) is 5.19. The zero-order valence-corrected chi connectivity index (χ0v) is 18.1. The second-order valence-electron chi connectivity index (χ2n) is 8.70. The van der Waals surface area contributed by atoms with Crippen molar-refractivity contribution in [1.29, 1.82) is 0 Å². The maximum absolute atomic E-state index is 13.3. The molecule has 2 heterocycles. The summed E-state index contributed by atoms with van der Waals surface area (Å²) in [5, 5.41) is 2.48. The van der Waals surface area contributed by atoms with E-state index < -0.39 is 28.7 Å². The van der Waals surface area contributed by atoms with Crippen molar-refractivity contribution in [2.45, 2.75) is 50.4 Å². The maximum atomic E-state index is 13.3. The van der Waals surface area contributed by atoms with Crippen molar-refractivity contribution < 1.29 is 18.0 Å². The fraction of sp³-hybridized carbons (Fsp3) is 0.417. The molecule has 2 aliphatic heterocycles.